The minimum absolute atomic E-state index is 0.0570. The summed E-state index contributed by atoms with van der Waals surface area (Å²) in [5.41, 5.74) is 3.61. The largest absolute Gasteiger partial charge is 0.325 e. The van der Waals surface area contributed by atoms with Crippen LogP contribution >= 0.6 is 23.4 Å². The lowest BCUT2D eigenvalue weighted by Crippen LogP contribution is -2.18. The summed E-state index contributed by atoms with van der Waals surface area (Å²) in [6.07, 6.45) is 0.0570. The molecule has 0 unspecified atom stereocenters. The van der Waals surface area contributed by atoms with E-state index in [1.165, 1.54) is 17.3 Å². The maximum absolute atomic E-state index is 12.4. The molecule has 0 radical (unpaired) electrons. The van der Waals surface area contributed by atoms with Crippen molar-refractivity contribution in [2.24, 2.45) is 0 Å². The summed E-state index contributed by atoms with van der Waals surface area (Å²) in [4.78, 5) is 24.7. The van der Waals surface area contributed by atoms with Gasteiger partial charge in [-0.2, -0.15) is 0 Å². The lowest BCUT2D eigenvalue weighted by atomic mass is 10.1. The van der Waals surface area contributed by atoms with Crippen molar-refractivity contribution in [1.29, 1.82) is 0 Å². The normalized spacial score (nSPS) is 10.7. The summed E-state index contributed by atoms with van der Waals surface area (Å²) in [7, 11) is 0. The molecule has 0 aliphatic carbocycles. The molecule has 0 bridgehead atoms. The number of carbonyl (C=O) groups excluding carboxylic acids is 2. The Kier molecular flexibility index (Phi) is 7.70. The molecular formula is C22H24ClN5O2S. The van der Waals surface area contributed by atoms with Crippen molar-refractivity contribution < 1.29 is 9.59 Å². The van der Waals surface area contributed by atoms with E-state index in [0.717, 1.165) is 11.3 Å². The van der Waals surface area contributed by atoms with Gasteiger partial charge in [-0.1, -0.05) is 41.6 Å². The smallest absolute Gasteiger partial charge is 0.234 e. The van der Waals surface area contributed by atoms with Crippen LogP contribution in [-0.2, 0) is 22.6 Å². The Morgan fingerprint density at radius 1 is 1.03 bits per heavy atom. The second kappa shape index (κ2) is 10.5. The number of amides is 2. The van der Waals surface area contributed by atoms with Crippen LogP contribution in [0.2, 0.25) is 5.02 Å². The Morgan fingerprint density at radius 3 is 2.52 bits per heavy atom. The Bertz CT molecular complexity index is 1100. The monoisotopic (exact) mass is 457 g/mol. The van der Waals surface area contributed by atoms with Crippen LogP contribution in [0, 0.1) is 13.8 Å². The topological polar surface area (TPSA) is 88.9 Å². The molecule has 0 saturated heterocycles. The minimum Gasteiger partial charge on any atom is -0.325 e. The van der Waals surface area contributed by atoms with E-state index in [0.29, 0.717) is 28.2 Å². The van der Waals surface area contributed by atoms with Gasteiger partial charge in [0.05, 0.1) is 22.9 Å². The highest BCUT2D eigenvalue weighted by molar-refractivity contribution is 7.99. The summed E-state index contributed by atoms with van der Waals surface area (Å²) in [5.74, 6) is 0.358. The molecule has 0 atom stereocenters. The van der Waals surface area contributed by atoms with E-state index in [1.807, 2.05) is 43.5 Å². The number of para-hydroxylation sites is 1. The molecular weight excluding hydrogens is 434 g/mol. The molecule has 7 nitrogen and oxygen atoms in total. The number of aryl methyl sites for hydroxylation is 2. The molecule has 3 aromatic rings. The lowest BCUT2D eigenvalue weighted by Gasteiger charge is -2.09. The maximum atomic E-state index is 12.4. The van der Waals surface area contributed by atoms with Crippen molar-refractivity contribution in [1.82, 2.24) is 14.8 Å². The molecule has 2 amide bonds. The Balaban J connectivity index is 1.59. The highest BCUT2D eigenvalue weighted by Crippen LogP contribution is 2.22. The Hall–Kier alpha value is -2.84. The van der Waals surface area contributed by atoms with Gasteiger partial charge in [0.25, 0.3) is 0 Å². The fraction of sp³-hybridized carbons (Fsp3) is 0.273. The van der Waals surface area contributed by atoms with Crippen molar-refractivity contribution >= 4 is 46.6 Å². The Labute approximate surface area is 190 Å². The van der Waals surface area contributed by atoms with E-state index in [-0.39, 0.29) is 24.0 Å². The number of carbonyl (C=O) groups is 2. The molecule has 0 saturated carbocycles. The fourth-order valence-corrected chi connectivity index (χ4v) is 3.93. The van der Waals surface area contributed by atoms with E-state index in [1.54, 1.807) is 24.3 Å². The zero-order chi connectivity index (χ0) is 22.4. The second-order valence-corrected chi connectivity index (χ2v) is 8.33. The molecule has 2 N–H and O–H groups in total. The van der Waals surface area contributed by atoms with Crippen LogP contribution in [0.15, 0.2) is 47.6 Å². The van der Waals surface area contributed by atoms with Crippen molar-refractivity contribution in [2.75, 3.05) is 16.4 Å². The van der Waals surface area contributed by atoms with Crippen LogP contribution in [-0.4, -0.2) is 32.3 Å². The van der Waals surface area contributed by atoms with Gasteiger partial charge in [-0.25, -0.2) is 0 Å². The maximum Gasteiger partial charge on any atom is 0.234 e. The highest BCUT2D eigenvalue weighted by Gasteiger charge is 2.16. The van der Waals surface area contributed by atoms with Gasteiger partial charge in [0.2, 0.25) is 11.8 Å². The number of nitrogens with one attached hydrogen (secondary N) is 2. The highest BCUT2D eigenvalue weighted by atomic mass is 35.5. The molecule has 162 valence electrons. The van der Waals surface area contributed by atoms with Gasteiger partial charge in [0.15, 0.2) is 5.16 Å². The first-order chi connectivity index (χ1) is 14.9. The molecule has 0 aliphatic rings. The molecule has 3 rings (SSSR count). The first kappa shape index (κ1) is 22.8. The molecule has 1 aromatic heterocycles. The summed E-state index contributed by atoms with van der Waals surface area (Å²) < 4.78 is 1.83. The van der Waals surface area contributed by atoms with E-state index >= 15 is 0 Å². The van der Waals surface area contributed by atoms with Crippen LogP contribution in [0.1, 0.15) is 23.9 Å². The third kappa shape index (κ3) is 6.08. The van der Waals surface area contributed by atoms with Gasteiger partial charge < -0.3 is 15.2 Å². The first-order valence-electron chi connectivity index (χ1n) is 9.83. The third-order valence-electron chi connectivity index (χ3n) is 4.70. The number of anilines is 2. The van der Waals surface area contributed by atoms with Crippen molar-refractivity contribution in [3.63, 3.8) is 0 Å². The summed E-state index contributed by atoms with van der Waals surface area (Å²) in [6.45, 7) is 6.56. The van der Waals surface area contributed by atoms with Crippen LogP contribution in [0.5, 0.6) is 0 Å². The van der Waals surface area contributed by atoms with Crippen molar-refractivity contribution in [2.45, 2.75) is 38.9 Å². The van der Waals surface area contributed by atoms with E-state index in [9.17, 15) is 9.59 Å². The molecule has 2 aromatic carbocycles. The quantitative estimate of drug-likeness (QED) is 0.487. The average molecular weight is 458 g/mol. The SMILES string of the molecule is CCn1c(CC(=O)Nc2ccccc2Cl)nnc1SCC(=O)Nc1ccc(C)c(C)c1. The predicted octanol–water partition coefficient (Wildman–Crippen LogP) is 4.48. The van der Waals surface area contributed by atoms with Gasteiger partial charge in [-0.3, -0.25) is 9.59 Å². The van der Waals surface area contributed by atoms with Crippen LogP contribution in [0.3, 0.4) is 0 Å². The van der Waals surface area contributed by atoms with Crippen LogP contribution in [0.25, 0.3) is 0 Å². The third-order valence-corrected chi connectivity index (χ3v) is 6.00. The number of rotatable bonds is 8. The molecule has 31 heavy (non-hydrogen) atoms. The number of hydrogen-bond acceptors (Lipinski definition) is 5. The summed E-state index contributed by atoms with van der Waals surface area (Å²) in [5, 5.41) is 15.0. The van der Waals surface area contributed by atoms with E-state index < -0.39 is 0 Å². The van der Waals surface area contributed by atoms with Crippen LogP contribution in [0.4, 0.5) is 11.4 Å². The number of aromatic nitrogens is 3. The zero-order valence-corrected chi connectivity index (χ0v) is 19.2. The molecule has 1 heterocycles. The van der Waals surface area contributed by atoms with Gasteiger partial charge in [-0.15, -0.1) is 10.2 Å². The van der Waals surface area contributed by atoms with Gasteiger partial charge >= 0.3 is 0 Å². The molecule has 0 spiro atoms. The summed E-state index contributed by atoms with van der Waals surface area (Å²) in [6, 6.07) is 12.9. The average Bonchev–Trinajstić information content (AvgIpc) is 3.12. The zero-order valence-electron chi connectivity index (χ0n) is 17.6. The predicted molar refractivity (Wildman–Crippen MR) is 125 cm³/mol. The standard InChI is InChI=1S/C22H24ClN5O2S/c1-4-28-19(12-20(29)25-18-8-6-5-7-17(18)23)26-27-22(28)31-13-21(30)24-16-10-9-14(2)15(3)11-16/h5-11H,4,12-13H2,1-3H3,(H,24,30)(H,25,29). The molecule has 0 fully saturated rings. The number of thioether (sulfide) groups is 1. The number of halogens is 1. The minimum atomic E-state index is -0.237. The number of hydrogen-bond donors (Lipinski definition) is 2. The second-order valence-electron chi connectivity index (χ2n) is 6.98. The summed E-state index contributed by atoms with van der Waals surface area (Å²) >= 11 is 7.38. The fourth-order valence-electron chi connectivity index (χ4n) is 2.92. The lowest BCUT2D eigenvalue weighted by molar-refractivity contribution is -0.116. The molecule has 9 heteroatoms. The van der Waals surface area contributed by atoms with Crippen molar-refractivity contribution in [3.8, 4) is 0 Å². The number of benzene rings is 2. The van der Waals surface area contributed by atoms with Gasteiger partial charge in [0.1, 0.15) is 5.82 Å². The first-order valence-corrected chi connectivity index (χ1v) is 11.2. The van der Waals surface area contributed by atoms with Gasteiger partial charge in [-0.05, 0) is 56.2 Å². The van der Waals surface area contributed by atoms with Crippen molar-refractivity contribution in [3.05, 3.63) is 64.4 Å². The number of nitrogens with zero attached hydrogens (tertiary/aromatic N) is 3. The van der Waals surface area contributed by atoms with E-state index in [4.69, 9.17) is 11.6 Å². The van der Waals surface area contributed by atoms with E-state index in [2.05, 4.69) is 20.8 Å². The van der Waals surface area contributed by atoms with Crippen LogP contribution < -0.4 is 10.6 Å². The van der Waals surface area contributed by atoms with Gasteiger partial charge in [0, 0.05) is 12.2 Å². The Morgan fingerprint density at radius 2 is 1.81 bits per heavy atom. The molecule has 0 aliphatic heterocycles.